The highest BCUT2D eigenvalue weighted by Crippen LogP contribution is 2.39. The van der Waals surface area contributed by atoms with Gasteiger partial charge in [-0.15, -0.1) is 0 Å². The van der Waals surface area contributed by atoms with Crippen molar-refractivity contribution in [3.8, 4) is 0 Å². The molecule has 0 saturated heterocycles. The van der Waals surface area contributed by atoms with Crippen LogP contribution < -0.4 is 4.90 Å². The van der Waals surface area contributed by atoms with E-state index in [1.54, 1.807) is 4.90 Å². The van der Waals surface area contributed by atoms with E-state index in [9.17, 15) is 10.0 Å². The van der Waals surface area contributed by atoms with Crippen LogP contribution >= 0.6 is 0 Å². The van der Waals surface area contributed by atoms with Gasteiger partial charge in [0.25, 0.3) is 0 Å². The molecule has 2 aromatic carbocycles. The molecule has 0 aliphatic heterocycles. The molecule has 116 valence electrons. The SMILES string of the molecule is OB(O)C1=CCC(F)(N(c2ccccc2)c2ccccc2)C=C1. The minimum Gasteiger partial charge on any atom is -0.423 e. The van der Waals surface area contributed by atoms with Gasteiger partial charge < -0.3 is 14.9 Å². The quantitative estimate of drug-likeness (QED) is 0.672. The third kappa shape index (κ3) is 3.21. The fourth-order valence-corrected chi connectivity index (χ4v) is 2.71. The van der Waals surface area contributed by atoms with Gasteiger partial charge in [0.2, 0.25) is 5.79 Å². The van der Waals surface area contributed by atoms with Gasteiger partial charge >= 0.3 is 7.12 Å². The van der Waals surface area contributed by atoms with E-state index in [0.29, 0.717) is 5.47 Å². The first kappa shape index (κ1) is 15.5. The molecule has 0 saturated carbocycles. The minimum absolute atomic E-state index is 0.0280. The van der Waals surface area contributed by atoms with E-state index in [1.807, 2.05) is 60.7 Å². The largest absolute Gasteiger partial charge is 0.488 e. The molecule has 2 aromatic rings. The Morgan fingerprint density at radius 1 is 0.913 bits per heavy atom. The van der Waals surface area contributed by atoms with Gasteiger partial charge in [-0.05, 0) is 35.8 Å². The third-order valence-corrected chi connectivity index (χ3v) is 3.85. The fourth-order valence-electron chi connectivity index (χ4n) is 2.71. The molecule has 2 N–H and O–H groups in total. The zero-order valence-corrected chi connectivity index (χ0v) is 12.5. The number of rotatable bonds is 4. The molecule has 1 unspecified atom stereocenters. The Labute approximate surface area is 135 Å². The Kier molecular flexibility index (Phi) is 4.32. The van der Waals surface area contributed by atoms with Crippen LogP contribution in [0.25, 0.3) is 0 Å². The van der Waals surface area contributed by atoms with Crippen LogP contribution in [0.5, 0.6) is 0 Å². The molecule has 0 bridgehead atoms. The Balaban J connectivity index is 2.02. The summed E-state index contributed by atoms with van der Waals surface area (Å²) in [5.41, 5.74) is 1.76. The van der Waals surface area contributed by atoms with Crippen LogP contribution in [0.3, 0.4) is 0 Å². The lowest BCUT2D eigenvalue weighted by atomic mass is 9.75. The summed E-state index contributed by atoms with van der Waals surface area (Å²) in [6.45, 7) is 0. The molecule has 0 aromatic heterocycles. The zero-order chi connectivity index (χ0) is 16.3. The predicted molar refractivity (Wildman–Crippen MR) is 90.9 cm³/mol. The summed E-state index contributed by atoms with van der Waals surface area (Å²) in [4.78, 5) is 1.61. The van der Waals surface area contributed by atoms with Crippen LogP contribution in [-0.4, -0.2) is 23.0 Å². The topological polar surface area (TPSA) is 43.7 Å². The number of allylic oxidation sites excluding steroid dienone is 2. The van der Waals surface area contributed by atoms with Crippen molar-refractivity contribution in [3.05, 3.63) is 84.4 Å². The molecule has 0 amide bonds. The number of alkyl halides is 1. The van der Waals surface area contributed by atoms with Gasteiger partial charge in [-0.25, -0.2) is 4.39 Å². The number of nitrogens with zero attached hydrogens (tertiary/aromatic N) is 1. The molecule has 0 fully saturated rings. The monoisotopic (exact) mass is 309 g/mol. The minimum atomic E-state index is -1.78. The average Bonchev–Trinajstić information content (AvgIpc) is 2.57. The van der Waals surface area contributed by atoms with Crippen molar-refractivity contribution < 1.29 is 14.4 Å². The third-order valence-electron chi connectivity index (χ3n) is 3.85. The van der Waals surface area contributed by atoms with E-state index < -0.39 is 12.9 Å². The van der Waals surface area contributed by atoms with E-state index in [1.165, 1.54) is 18.2 Å². The van der Waals surface area contributed by atoms with Crippen molar-refractivity contribution >= 4 is 18.5 Å². The Hall–Kier alpha value is -2.37. The highest BCUT2D eigenvalue weighted by atomic mass is 19.1. The van der Waals surface area contributed by atoms with Crippen molar-refractivity contribution in [2.45, 2.75) is 12.2 Å². The molecule has 1 aliphatic rings. The zero-order valence-electron chi connectivity index (χ0n) is 12.5. The lowest BCUT2D eigenvalue weighted by Gasteiger charge is -2.38. The molecule has 5 heteroatoms. The second-order valence-corrected chi connectivity index (χ2v) is 5.44. The summed E-state index contributed by atoms with van der Waals surface area (Å²) in [7, 11) is -1.59. The fraction of sp³-hybridized carbons (Fsp3) is 0.111. The average molecular weight is 309 g/mol. The number of hydrogen-bond donors (Lipinski definition) is 2. The van der Waals surface area contributed by atoms with Gasteiger partial charge in [-0.3, -0.25) is 0 Å². The maximum atomic E-state index is 15.7. The van der Waals surface area contributed by atoms with Crippen LogP contribution in [0.1, 0.15) is 6.42 Å². The summed E-state index contributed by atoms with van der Waals surface area (Å²) in [5.74, 6) is -1.78. The second-order valence-electron chi connectivity index (χ2n) is 5.44. The van der Waals surface area contributed by atoms with Gasteiger partial charge in [0.15, 0.2) is 0 Å². The van der Waals surface area contributed by atoms with E-state index in [-0.39, 0.29) is 6.42 Å². The van der Waals surface area contributed by atoms with Gasteiger partial charge in [0, 0.05) is 17.8 Å². The maximum absolute atomic E-state index is 15.7. The predicted octanol–water partition coefficient (Wildman–Crippen LogP) is 3.39. The van der Waals surface area contributed by atoms with Crippen molar-refractivity contribution in [1.29, 1.82) is 0 Å². The molecule has 0 radical (unpaired) electrons. The van der Waals surface area contributed by atoms with Crippen LogP contribution in [0.2, 0.25) is 0 Å². The number of halogens is 1. The van der Waals surface area contributed by atoms with Crippen LogP contribution in [0.15, 0.2) is 84.4 Å². The Bertz CT molecular complexity index is 679. The number of hydrogen-bond acceptors (Lipinski definition) is 3. The summed E-state index contributed by atoms with van der Waals surface area (Å²) >= 11 is 0. The van der Waals surface area contributed by atoms with E-state index in [4.69, 9.17) is 0 Å². The molecule has 0 heterocycles. The van der Waals surface area contributed by atoms with Crippen LogP contribution in [-0.2, 0) is 0 Å². The van der Waals surface area contributed by atoms with E-state index >= 15 is 4.39 Å². The first-order valence-corrected chi connectivity index (χ1v) is 7.45. The highest BCUT2D eigenvalue weighted by Gasteiger charge is 2.37. The number of benzene rings is 2. The molecule has 1 atom stereocenters. The summed E-state index contributed by atoms with van der Waals surface area (Å²) < 4.78 is 15.7. The Morgan fingerprint density at radius 2 is 1.43 bits per heavy atom. The first-order chi connectivity index (χ1) is 11.1. The Morgan fingerprint density at radius 3 is 1.83 bits per heavy atom. The highest BCUT2D eigenvalue weighted by molar-refractivity contribution is 6.51. The summed E-state index contributed by atoms with van der Waals surface area (Å²) in [6, 6.07) is 18.6. The van der Waals surface area contributed by atoms with Gasteiger partial charge in [-0.2, -0.15) is 0 Å². The summed E-state index contributed by atoms with van der Waals surface area (Å²) in [6.07, 6.45) is 4.35. The van der Waals surface area contributed by atoms with Crippen molar-refractivity contribution in [1.82, 2.24) is 0 Å². The molecule has 3 nitrogen and oxygen atoms in total. The van der Waals surface area contributed by atoms with E-state index in [2.05, 4.69) is 0 Å². The lowest BCUT2D eigenvalue weighted by Crippen LogP contribution is -2.41. The molecular weight excluding hydrogens is 292 g/mol. The maximum Gasteiger partial charge on any atom is 0.488 e. The number of anilines is 2. The smallest absolute Gasteiger partial charge is 0.423 e. The molecule has 1 aliphatic carbocycles. The van der Waals surface area contributed by atoms with Crippen LogP contribution in [0.4, 0.5) is 15.8 Å². The van der Waals surface area contributed by atoms with Crippen molar-refractivity contribution in [2.24, 2.45) is 0 Å². The lowest BCUT2D eigenvalue weighted by molar-refractivity contribution is 0.238. The van der Waals surface area contributed by atoms with Gasteiger partial charge in [-0.1, -0.05) is 48.6 Å². The van der Waals surface area contributed by atoms with Crippen molar-refractivity contribution in [3.63, 3.8) is 0 Å². The number of para-hydroxylation sites is 2. The first-order valence-electron chi connectivity index (χ1n) is 7.45. The van der Waals surface area contributed by atoms with E-state index in [0.717, 1.165) is 11.4 Å². The molecule has 23 heavy (non-hydrogen) atoms. The van der Waals surface area contributed by atoms with Gasteiger partial charge in [0.1, 0.15) is 0 Å². The van der Waals surface area contributed by atoms with Crippen molar-refractivity contribution in [2.75, 3.05) is 4.90 Å². The van der Waals surface area contributed by atoms with Crippen LogP contribution in [0, 0.1) is 0 Å². The second kappa shape index (κ2) is 6.40. The standard InChI is InChI=1S/C18H17BFNO2/c20-18(13-11-15(12-14-18)19(22)23)21(16-7-3-1-4-8-16)17-9-5-2-6-10-17/h1-13,22-23H,14H2. The summed E-state index contributed by atoms with van der Waals surface area (Å²) in [5, 5.41) is 18.4. The van der Waals surface area contributed by atoms with Gasteiger partial charge in [0.05, 0.1) is 0 Å². The molecule has 3 rings (SSSR count). The normalized spacial score (nSPS) is 20.0. The molecule has 0 spiro atoms. The molecular formula is C18H17BFNO2.